The van der Waals surface area contributed by atoms with E-state index >= 15 is 0 Å². The van der Waals surface area contributed by atoms with Crippen molar-refractivity contribution in [1.29, 1.82) is 0 Å². The smallest absolute Gasteiger partial charge is 0.407 e. The van der Waals surface area contributed by atoms with Gasteiger partial charge in [-0.05, 0) is 44.9 Å². The first-order chi connectivity index (χ1) is 9.69. The van der Waals surface area contributed by atoms with Crippen LogP contribution >= 0.6 is 0 Å². The van der Waals surface area contributed by atoms with Crippen molar-refractivity contribution >= 4 is 11.8 Å². The van der Waals surface area contributed by atoms with Gasteiger partial charge >= 0.3 is 6.09 Å². The number of aliphatic hydroxyl groups is 2. The summed E-state index contributed by atoms with van der Waals surface area (Å²) >= 11 is 0. The molecule has 1 rings (SSSR count). The summed E-state index contributed by atoms with van der Waals surface area (Å²) in [4.78, 5) is 11.4. The number of alkyl carbamates (subject to hydrolysis) is 1. The monoisotopic (exact) mass is 296 g/mol. The molecule has 1 aromatic carbocycles. The van der Waals surface area contributed by atoms with E-state index in [4.69, 9.17) is 10.5 Å². The van der Waals surface area contributed by atoms with Crippen molar-refractivity contribution in [3.05, 3.63) is 29.8 Å². The number of nitrogens with two attached hydrogens (primary N) is 1. The maximum Gasteiger partial charge on any atom is 0.407 e. The SMILES string of the molecule is CC(C)(C)OC(=O)NCCC(O)C(O)c1ccc(N)cc1. The van der Waals surface area contributed by atoms with Gasteiger partial charge in [-0.25, -0.2) is 4.79 Å². The number of nitrogens with one attached hydrogen (secondary N) is 1. The van der Waals surface area contributed by atoms with Crippen LogP contribution in [0.4, 0.5) is 10.5 Å². The van der Waals surface area contributed by atoms with Crippen LogP contribution in [0.15, 0.2) is 24.3 Å². The molecular weight excluding hydrogens is 272 g/mol. The van der Waals surface area contributed by atoms with Crippen molar-refractivity contribution in [3.63, 3.8) is 0 Å². The average Bonchev–Trinajstić information content (AvgIpc) is 2.36. The second-order valence-corrected chi connectivity index (χ2v) is 5.90. The predicted molar refractivity (Wildman–Crippen MR) is 80.7 cm³/mol. The van der Waals surface area contributed by atoms with Gasteiger partial charge < -0.3 is 26.0 Å². The number of amides is 1. The first kappa shape index (κ1) is 17.3. The van der Waals surface area contributed by atoms with E-state index in [1.54, 1.807) is 45.0 Å². The van der Waals surface area contributed by atoms with Crippen LogP contribution in [0.1, 0.15) is 38.9 Å². The van der Waals surface area contributed by atoms with Gasteiger partial charge in [0.2, 0.25) is 0 Å². The quantitative estimate of drug-likeness (QED) is 0.617. The molecule has 0 bridgehead atoms. The molecule has 0 aliphatic rings. The minimum atomic E-state index is -1.02. The molecule has 0 fully saturated rings. The molecular formula is C15H24N2O4. The van der Waals surface area contributed by atoms with Crippen LogP contribution in [0.5, 0.6) is 0 Å². The number of aliphatic hydroxyl groups excluding tert-OH is 2. The number of carbonyl (C=O) groups is 1. The Labute approximate surface area is 124 Å². The lowest BCUT2D eigenvalue weighted by Gasteiger charge is -2.21. The van der Waals surface area contributed by atoms with Crippen LogP contribution in [0, 0.1) is 0 Å². The molecule has 0 saturated carbocycles. The fraction of sp³-hybridized carbons (Fsp3) is 0.533. The Morgan fingerprint density at radius 1 is 1.29 bits per heavy atom. The van der Waals surface area contributed by atoms with Gasteiger partial charge in [0.05, 0.1) is 6.10 Å². The Morgan fingerprint density at radius 2 is 1.86 bits per heavy atom. The minimum Gasteiger partial charge on any atom is -0.444 e. The normalized spacial score (nSPS) is 14.3. The van der Waals surface area contributed by atoms with Crippen molar-refractivity contribution in [3.8, 4) is 0 Å². The van der Waals surface area contributed by atoms with Gasteiger partial charge in [0.1, 0.15) is 11.7 Å². The number of carbonyl (C=O) groups excluding carboxylic acids is 1. The van der Waals surface area contributed by atoms with Gasteiger partial charge in [-0.2, -0.15) is 0 Å². The topological polar surface area (TPSA) is 105 Å². The predicted octanol–water partition coefficient (Wildman–Crippen LogP) is 1.58. The minimum absolute atomic E-state index is 0.210. The summed E-state index contributed by atoms with van der Waals surface area (Å²) in [5, 5.41) is 22.4. The van der Waals surface area contributed by atoms with E-state index in [2.05, 4.69) is 5.32 Å². The molecule has 0 aliphatic heterocycles. The highest BCUT2D eigenvalue weighted by Gasteiger charge is 2.19. The summed E-state index contributed by atoms with van der Waals surface area (Å²) in [6, 6.07) is 6.63. The molecule has 5 N–H and O–H groups in total. The molecule has 1 amide bonds. The van der Waals surface area contributed by atoms with Crippen LogP contribution in [0.3, 0.4) is 0 Å². The second-order valence-electron chi connectivity index (χ2n) is 5.90. The highest BCUT2D eigenvalue weighted by Crippen LogP contribution is 2.19. The van der Waals surface area contributed by atoms with E-state index in [1.165, 1.54) is 0 Å². The lowest BCUT2D eigenvalue weighted by molar-refractivity contribution is 0.0123. The average molecular weight is 296 g/mol. The molecule has 0 heterocycles. The van der Waals surface area contributed by atoms with E-state index in [0.29, 0.717) is 11.3 Å². The summed E-state index contributed by atoms with van der Waals surface area (Å²) in [6.07, 6.45) is -2.34. The molecule has 0 saturated heterocycles. The molecule has 6 heteroatoms. The summed E-state index contributed by atoms with van der Waals surface area (Å²) in [7, 11) is 0. The van der Waals surface area contributed by atoms with Crippen LogP contribution in [0.2, 0.25) is 0 Å². The number of nitrogen functional groups attached to an aromatic ring is 1. The summed E-state index contributed by atoms with van der Waals surface area (Å²) in [5.74, 6) is 0. The van der Waals surface area contributed by atoms with Gasteiger partial charge in [0.15, 0.2) is 0 Å². The molecule has 118 valence electrons. The Hall–Kier alpha value is -1.79. The summed E-state index contributed by atoms with van der Waals surface area (Å²) in [5.41, 5.74) is 6.17. The zero-order chi connectivity index (χ0) is 16.0. The molecule has 1 aromatic rings. The highest BCUT2D eigenvalue weighted by molar-refractivity contribution is 5.67. The van der Waals surface area contributed by atoms with E-state index < -0.39 is 23.9 Å². The fourth-order valence-corrected chi connectivity index (χ4v) is 1.71. The standard InChI is InChI=1S/C15H24N2O4/c1-15(2,3)21-14(20)17-9-8-12(18)13(19)10-4-6-11(16)7-5-10/h4-7,12-13,18-19H,8-9,16H2,1-3H3,(H,17,20). The first-order valence-electron chi connectivity index (χ1n) is 6.87. The Morgan fingerprint density at radius 3 is 2.38 bits per heavy atom. The van der Waals surface area contributed by atoms with Gasteiger partial charge in [-0.15, -0.1) is 0 Å². The van der Waals surface area contributed by atoms with E-state index in [9.17, 15) is 15.0 Å². The molecule has 0 aromatic heterocycles. The Bertz CT molecular complexity index is 454. The largest absolute Gasteiger partial charge is 0.444 e. The van der Waals surface area contributed by atoms with Crippen molar-refractivity contribution in [2.45, 2.75) is 45.0 Å². The van der Waals surface area contributed by atoms with Crippen molar-refractivity contribution in [1.82, 2.24) is 5.32 Å². The number of anilines is 1. The zero-order valence-electron chi connectivity index (χ0n) is 12.7. The second kappa shape index (κ2) is 7.28. The number of hydrogen-bond acceptors (Lipinski definition) is 5. The van der Waals surface area contributed by atoms with Crippen LogP contribution < -0.4 is 11.1 Å². The Balaban J connectivity index is 2.38. The third kappa shape index (κ3) is 6.46. The number of hydrogen-bond donors (Lipinski definition) is 4. The molecule has 2 unspecified atom stereocenters. The molecule has 0 radical (unpaired) electrons. The molecule has 21 heavy (non-hydrogen) atoms. The summed E-state index contributed by atoms with van der Waals surface area (Å²) in [6.45, 7) is 5.52. The molecule has 6 nitrogen and oxygen atoms in total. The molecule has 2 atom stereocenters. The zero-order valence-corrected chi connectivity index (χ0v) is 12.7. The third-order valence-electron chi connectivity index (χ3n) is 2.75. The van der Waals surface area contributed by atoms with Crippen molar-refractivity contribution < 1.29 is 19.7 Å². The van der Waals surface area contributed by atoms with Gasteiger partial charge in [-0.1, -0.05) is 12.1 Å². The lowest BCUT2D eigenvalue weighted by atomic mass is 10.0. The van der Waals surface area contributed by atoms with Gasteiger partial charge in [0, 0.05) is 12.2 Å². The number of benzene rings is 1. The maximum atomic E-state index is 11.4. The highest BCUT2D eigenvalue weighted by atomic mass is 16.6. The maximum absolute atomic E-state index is 11.4. The number of ether oxygens (including phenoxy) is 1. The Kier molecular flexibility index (Phi) is 5.99. The fourth-order valence-electron chi connectivity index (χ4n) is 1.71. The van der Waals surface area contributed by atoms with Gasteiger partial charge in [0.25, 0.3) is 0 Å². The van der Waals surface area contributed by atoms with Crippen molar-refractivity contribution in [2.24, 2.45) is 0 Å². The lowest BCUT2D eigenvalue weighted by Crippen LogP contribution is -2.34. The van der Waals surface area contributed by atoms with Crippen LogP contribution in [-0.2, 0) is 4.74 Å². The number of rotatable bonds is 5. The third-order valence-corrected chi connectivity index (χ3v) is 2.75. The van der Waals surface area contributed by atoms with Crippen molar-refractivity contribution in [2.75, 3.05) is 12.3 Å². The molecule has 0 spiro atoms. The van der Waals surface area contributed by atoms with Crippen LogP contribution in [0.25, 0.3) is 0 Å². The van der Waals surface area contributed by atoms with Crippen LogP contribution in [-0.4, -0.2) is 34.6 Å². The summed E-state index contributed by atoms with van der Waals surface area (Å²) < 4.78 is 5.07. The van der Waals surface area contributed by atoms with E-state index in [0.717, 1.165) is 0 Å². The first-order valence-corrected chi connectivity index (χ1v) is 6.87. The van der Waals surface area contributed by atoms with E-state index in [1.807, 2.05) is 0 Å². The van der Waals surface area contributed by atoms with E-state index in [-0.39, 0.29) is 13.0 Å². The molecule has 0 aliphatic carbocycles. The van der Waals surface area contributed by atoms with Gasteiger partial charge in [-0.3, -0.25) is 0 Å².